The van der Waals surface area contributed by atoms with Gasteiger partial charge in [-0.3, -0.25) is 9.78 Å². The van der Waals surface area contributed by atoms with Crippen LogP contribution < -0.4 is 10.2 Å². The Labute approximate surface area is 139 Å². The zero-order valence-corrected chi connectivity index (χ0v) is 13.7. The van der Waals surface area contributed by atoms with Gasteiger partial charge in [0, 0.05) is 31.8 Å². The maximum absolute atomic E-state index is 13.7. The number of nitrogens with zero attached hydrogens (tertiary/aromatic N) is 2. The lowest BCUT2D eigenvalue weighted by molar-refractivity contribution is -0.132. The lowest BCUT2D eigenvalue weighted by Gasteiger charge is -2.34. The number of amides is 1. The molecule has 0 radical (unpaired) electrons. The highest BCUT2D eigenvalue weighted by atomic mass is 19.1. The number of methoxy groups -OCH3 is 1. The van der Waals surface area contributed by atoms with Crippen molar-refractivity contribution < 1.29 is 18.7 Å². The number of likely N-dealkylation sites (N-methyl/N-ethyl adjacent to an activating group) is 1. The van der Waals surface area contributed by atoms with Crippen molar-refractivity contribution in [1.29, 1.82) is 0 Å². The van der Waals surface area contributed by atoms with Crippen LogP contribution in [0.1, 0.15) is 5.69 Å². The SMILES string of the molecule is CNC(=O)C1CN(c2cc(COC)nc3ccc(F)cc23)CCO1. The Morgan fingerprint density at radius 2 is 2.33 bits per heavy atom. The van der Waals surface area contributed by atoms with Crippen LogP contribution in [-0.2, 0) is 20.9 Å². The van der Waals surface area contributed by atoms with E-state index in [1.54, 1.807) is 20.2 Å². The molecule has 1 fully saturated rings. The smallest absolute Gasteiger partial charge is 0.250 e. The van der Waals surface area contributed by atoms with Gasteiger partial charge in [0.05, 0.1) is 31.0 Å². The molecule has 7 heteroatoms. The highest BCUT2D eigenvalue weighted by Crippen LogP contribution is 2.29. The quantitative estimate of drug-likeness (QED) is 0.918. The number of hydrogen-bond donors (Lipinski definition) is 1. The second kappa shape index (κ2) is 7.11. The third kappa shape index (κ3) is 3.32. The summed E-state index contributed by atoms with van der Waals surface area (Å²) in [6.07, 6.45) is -0.550. The van der Waals surface area contributed by atoms with Crippen molar-refractivity contribution in [3.63, 3.8) is 0 Å². The third-order valence-corrected chi connectivity index (χ3v) is 4.04. The molecule has 1 unspecified atom stereocenters. The molecule has 1 aromatic heterocycles. The fourth-order valence-electron chi connectivity index (χ4n) is 2.90. The highest BCUT2D eigenvalue weighted by molar-refractivity contribution is 5.92. The Morgan fingerprint density at radius 3 is 3.08 bits per heavy atom. The van der Waals surface area contributed by atoms with Gasteiger partial charge in [-0.15, -0.1) is 0 Å². The molecule has 1 aromatic carbocycles. The maximum Gasteiger partial charge on any atom is 0.250 e. The fourth-order valence-corrected chi connectivity index (χ4v) is 2.90. The molecule has 1 N–H and O–H groups in total. The number of anilines is 1. The van der Waals surface area contributed by atoms with Crippen LogP contribution in [0.3, 0.4) is 0 Å². The maximum atomic E-state index is 13.7. The molecule has 1 aliphatic heterocycles. The van der Waals surface area contributed by atoms with Gasteiger partial charge in [-0.05, 0) is 24.3 Å². The number of ether oxygens (including phenoxy) is 2. The molecule has 0 aliphatic carbocycles. The van der Waals surface area contributed by atoms with Crippen molar-refractivity contribution in [3.05, 3.63) is 35.8 Å². The van der Waals surface area contributed by atoms with Crippen molar-refractivity contribution in [3.8, 4) is 0 Å². The van der Waals surface area contributed by atoms with Crippen LogP contribution in [0.2, 0.25) is 0 Å². The number of halogens is 1. The van der Waals surface area contributed by atoms with Crippen LogP contribution >= 0.6 is 0 Å². The molecular formula is C17H20FN3O3. The second-order valence-electron chi connectivity index (χ2n) is 5.65. The predicted molar refractivity (Wildman–Crippen MR) is 88.4 cm³/mol. The molecule has 1 saturated heterocycles. The largest absolute Gasteiger partial charge is 0.378 e. The van der Waals surface area contributed by atoms with Crippen LogP contribution in [0.4, 0.5) is 10.1 Å². The standard InChI is InChI=1S/C17H20FN3O3/c1-19-17(22)16-9-21(5-6-24-16)15-8-12(10-23-2)20-14-4-3-11(18)7-13(14)15/h3-4,7-8,16H,5-6,9-10H2,1-2H3,(H,19,22). The number of pyridine rings is 1. The van der Waals surface area contributed by atoms with Crippen molar-refractivity contribution in [2.24, 2.45) is 0 Å². The van der Waals surface area contributed by atoms with E-state index in [4.69, 9.17) is 9.47 Å². The lowest BCUT2D eigenvalue weighted by Crippen LogP contribution is -2.49. The third-order valence-electron chi connectivity index (χ3n) is 4.04. The minimum atomic E-state index is -0.550. The van der Waals surface area contributed by atoms with E-state index in [0.717, 1.165) is 11.4 Å². The number of rotatable bonds is 4. The minimum Gasteiger partial charge on any atom is -0.378 e. The van der Waals surface area contributed by atoms with Gasteiger partial charge in [0.25, 0.3) is 5.91 Å². The van der Waals surface area contributed by atoms with Gasteiger partial charge in [0.15, 0.2) is 6.10 Å². The van der Waals surface area contributed by atoms with E-state index in [9.17, 15) is 9.18 Å². The zero-order chi connectivity index (χ0) is 17.1. The summed E-state index contributed by atoms with van der Waals surface area (Å²) in [6.45, 7) is 1.82. The molecule has 3 rings (SSSR count). The molecule has 24 heavy (non-hydrogen) atoms. The zero-order valence-electron chi connectivity index (χ0n) is 13.7. The number of carbonyl (C=O) groups is 1. The summed E-state index contributed by atoms with van der Waals surface area (Å²) < 4.78 is 24.4. The number of aromatic nitrogens is 1. The van der Waals surface area contributed by atoms with Crippen LogP contribution in [0.5, 0.6) is 0 Å². The van der Waals surface area contributed by atoms with Gasteiger partial charge in [-0.2, -0.15) is 0 Å². The molecule has 2 aromatic rings. The van der Waals surface area contributed by atoms with E-state index < -0.39 is 6.10 Å². The monoisotopic (exact) mass is 333 g/mol. The Kier molecular flexibility index (Phi) is 4.92. The Bertz CT molecular complexity index is 753. The van der Waals surface area contributed by atoms with Crippen molar-refractivity contribution in [2.45, 2.75) is 12.7 Å². The molecule has 0 spiro atoms. The first kappa shape index (κ1) is 16.6. The molecule has 0 bridgehead atoms. The van der Waals surface area contributed by atoms with E-state index in [2.05, 4.69) is 10.3 Å². The van der Waals surface area contributed by atoms with Gasteiger partial charge in [0.1, 0.15) is 5.82 Å². The van der Waals surface area contributed by atoms with Crippen LogP contribution in [0, 0.1) is 5.82 Å². The van der Waals surface area contributed by atoms with Gasteiger partial charge >= 0.3 is 0 Å². The first-order valence-electron chi connectivity index (χ1n) is 7.78. The summed E-state index contributed by atoms with van der Waals surface area (Å²) >= 11 is 0. The van der Waals surface area contributed by atoms with Gasteiger partial charge in [-0.25, -0.2) is 4.39 Å². The number of benzene rings is 1. The first-order chi connectivity index (χ1) is 11.6. The average Bonchev–Trinajstić information content (AvgIpc) is 2.61. The van der Waals surface area contributed by atoms with Crippen molar-refractivity contribution in [2.75, 3.05) is 38.8 Å². The minimum absolute atomic E-state index is 0.165. The topological polar surface area (TPSA) is 63.7 Å². The Balaban J connectivity index is 2.02. The van der Waals surface area contributed by atoms with Crippen LogP contribution in [0.15, 0.2) is 24.3 Å². The molecule has 2 heterocycles. The first-order valence-corrected chi connectivity index (χ1v) is 7.78. The fraction of sp³-hybridized carbons (Fsp3) is 0.412. The number of carbonyl (C=O) groups excluding carboxylic acids is 1. The van der Waals surface area contributed by atoms with E-state index in [1.807, 2.05) is 11.0 Å². The summed E-state index contributed by atoms with van der Waals surface area (Å²) in [5, 5.41) is 3.32. The normalized spacial score (nSPS) is 18.0. The van der Waals surface area contributed by atoms with Crippen LogP contribution in [0.25, 0.3) is 10.9 Å². The molecule has 1 atom stereocenters. The number of morpholine rings is 1. The van der Waals surface area contributed by atoms with Gasteiger partial charge in [-0.1, -0.05) is 0 Å². The van der Waals surface area contributed by atoms with Crippen LogP contribution in [-0.4, -0.2) is 50.8 Å². The van der Waals surface area contributed by atoms with E-state index in [0.29, 0.717) is 37.2 Å². The molecule has 128 valence electrons. The Morgan fingerprint density at radius 1 is 1.50 bits per heavy atom. The summed E-state index contributed by atoms with van der Waals surface area (Å²) in [4.78, 5) is 18.4. The van der Waals surface area contributed by atoms with Crippen molar-refractivity contribution in [1.82, 2.24) is 10.3 Å². The second-order valence-corrected chi connectivity index (χ2v) is 5.65. The molecule has 6 nitrogen and oxygen atoms in total. The summed E-state index contributed by atoms with van der Waals surface area (Å²) in [5.41, 5.74) is 2.29. The lowest BCUT2D eigenvalue weighted by atomic mass is 10.1. The van der Waals surface area contributed by atoms with E-state index in [1.165, 1.54) is 12.1 Å². The van der Waals surface area contributed by atoms with Crippen molar-refractivity contribution >= 4 is 22.5 Å². The number of nitrogens with one attached hydrogen (secondary N) is 1. The summed E-state index contributed by atoms with van der Waals surface area (Å²) in [5.74, 6) is -0.484. The van der Waals surface area contributed by atoms with Gasteiger partial charge in [0.2, 0.25) is 0 Å². The molecule has 0 saturated carbocycles. The number of fused-ring (bicyclic) bond motifs is 1. The Hall–Kier alpha value is -2.25. The highest BCUT2D eigenvalue weighted by Gasteiger charge is 2.27. The molecule has 1 amide bonds. The average molecular weight is 333 g/mol. The predicted octanol–water partition coefficient (Wildman–Crippen LogP) is 1.47. The molecular weight excluding hydrogens is 313 g/mol. The summed E-state index contributed by atoms with van der Waals surface area (Å²) in [7, 11) is 3.19. The van der Waals surface area contributed by atoms with E-state index in [-0.39, 0.29) is 11.7 Å². The number of hydrogen-bond acceptors (Lipinski definition) is 5. The van der Waals surface area contributed by atoms with Gasteiger partial charge < -0.3 is 19.7 Å². The summed E-state index contributed by atoms with van der Waals surface area (Å²) in [6, 6.07) is 6.41. The van der Waals surface area contributed by atoms with E-state index >= 15 is 0 Å². The molecule has 1 aliphatic rings.